The van der Waals surface area contributed by atoms with E-state index in [1.807, 2.05) is 24.8 Å². The van der Waals surface area contributed by atoms with E-state index in [1.54, 1.807) is 48.5 Å². The van der Waals surface area contributed by atoms with Crippen molar-refractivity contribution in [3.63, 3.8) is 0 Å². The van der Waals surface area contributed by atoms with Crippen LogP contribution in [0.25, 0.3) is 11.0 Å². The molecular weight excluding hydrogens is 528 g/mol. The molecule has 10 nitrogen and oxygen atoms in total. The molecule has 208 valence electrons. The van der Waals surface area contributed by atoms with Gasteiger partial charge in [0.15, 0.2) is 17.2 Å². The molecule has 0 bridgehead atoms. The largest absolute Gasteiger partial charge is 0.497 e. The number of carbonyl (C=O) groups excluding carboxylic acids is 3. The Kier molecular flexibility index (Phi) is 7.92. The van der Waals surface area contributed by atoms with Crippen molar-refractivity contribution >= 4 is 45.8 Å². The molecule has 0 aliphatic carbocycles. The van der Waals surface area contributed by atoms with Crippen molar-refractivity contribution in [2.75, 3.05) is 25.5 Å². The topological polar surface area (TPSA) is 119 Å². The fraction of sp³-hybridized carbons (Fsp3) is 0.379. The summed E-state index contributed by atoms with van der Waals surface area (Å²) in [5.74, 6) is 0.965. The lowest BCUT2D eigenvalue weighted by Gasteiger charge is -2.31. The molecule has 11 heteroatoms. The van der Waals surface area contributed by atoms with E-state index >= 15 is 0 Å². The van der Waals surface area contributed by atoms with Crippen LogP contribution in [0.5, 0.6) is 5.75 Å². The van der Waals surface area contributed by atoms with Crippen molar-refractivity contribution in [3.8, 4) is 5.75 Å². The number of hydrogen-bond donors (Lipinski definition) is 1. The van der Waals surface area contributed by atoms with Gasteiger partial charge in [0.1, 0.15) is 11.4 Å². The van der Waals surface area contributed by atoms with Gasteiger partial charge in [-0.2, -0.15) is 5.10 Å². The van der Waals surface area contributed by atoms with E-state index in [-0.39, 0.29) is 36.4 Å². The number of hydrogen-bond acceptors (Lipinski definition) is 8. The molecule has 5 rings (SSSR count). The number of ether oxygens (including phenoxy) is 1. The minimum absolute atomic E-state index is 0.0120. The van der Waals surface area contributed by atoms with E-state index in [9.17, 15) is 14.4 Å². The van der Waals surface area contributed by atoms with Gasteiger partial charge in [-0.1, -0.05) is 0 Å². The van der Waals surface area contributed by atoms with E-state index in [0.717, 1.165) is 40.1 Å². The third-order valence-electron chi connectivity index (χ3n) is 7.28. The number of aryl methyl sites for hydroxylation is 3. The first kappa shape index (κ1) is 27.4. The highest BCUT2D eigenvalue weighted by Gasteiger charge is 2.27. The fourth-order valence-corrected chi connectivity index (χ4v) is 6.08. The molecule has 0 radical (unpaired) electrons. The SMILES string of the molecule is COc1ccc(C(=O)CCC(=O)N2CCC(c3nc(C(=O)Nc4nn(C)c5nc(C)cc(C)c45)cs3)CC2)cc1. The molecule has 1 aliphatic heterocycles. The molecule has 1 aliphatic rings. The van der Waals surface area contributed by atoms with Crippen LogP contribution in [0.15, 0.2) is 35.7 Å². The lowest BCUT2D eigenvalue weighted by atomic mass is 9.97. The second kappa shape index (κ2) is 11.5. The maximum absolute atomic E-state index is 13.0. The molecule has 2 amide bonds. The highest BCUT2D eigenvalue weighted by Crippen LogP contribution is 2.31. The van der Waals surface area contributed by atoms with Crippen molar-refractivity contribution in [2.24, 2.45) is 7.05 Å². The Labute approximate surface area is 236 Å². The number of carbonyl (C=O) groups is 3. The maximum Gasteiger partial charge on any atom is 0.276 e. The number of nitrogens with one attached hydrogen (secondary N) is 1. The Hall–Kier alpha value is -4.12. The summed E-state index contributed by atoms with van der Waals surface area (Å²) in [6, 6.07) is 8.89. The number of thiazole rings is 1. The number of likely N-dealkylation sites (tertiary alicyclic amines) is 1. The summed E-state index contributed by atoms with van der Waals surface area (Å²) in [4.78, 5) is 49.3. The van der Waals surface area contributed by atoms with E-state index in [4.69, 9.17) is 4.74 Å². The van der Waals surface area contributed by atoms with Crippen LogP contribution in [0.1, 0.15) is 68.7 Å². The number of rotatable bonds is 8. The quantitative estimate of drug-likeness (QED) is 0.311. The molecule has 1 fully saturated rings. The van der Waals surface area contributed by atoms with Crippen LogP contribution in [-0.4, -0.2) is 62.4 Å². The second-order valence-electron chi connectivity index (χ2n) is 10.1. The molecule has 1 N–H and O–H groups in total. The van der Waals surface area contributed by atoms with Crippen LogP contribution in [0.4, 0.5) is 5.82 Å². The van der Waals surface area contributed by atoms with Gasteiger partial charge in [0.05, 0.1) is 17.5 Å². The zero-order chi connectivity index (χ0) is 28.4. The highest BCUT2D eigenvalue weighted by atomic mass is 32.1. The molecular formula is C29H32N6O4S. The first-order valence-corrected chi connectivity index (χ1v) is 14.1. The molecule has 4 heterocycles. The summed E-state index contributed by atoms with van der Waals surface area (Å²) < 4.78 is 6.79. The van der Waals surface area contributed by atoms with Crippen molar-refractivity contribution in [3.05, 3.63) is 63.2 Å². The average molecular weight is 561 g/mol. The third kappa shape index (κ3) is 5.74. The van der Waals surface area contributed by atoms with Gasteiger partial charge in [-0.3, -0.25) is 14.4 Å². The Balaban J connectivity index is 1.14. The number of anilines is 1. The molecule has 0 atom stereocenters. The van der Waals surface area contributed by atoms with Crippen LogP contribution in [-0.2, 0) is 11.8 Å². The van der Waals surface area contributed by atoms with Crippen LogP contribution in [0.2, 0.25) is 0 Å². The highest BCUT2D eigenvalue weighted by molar-refractivity contribution is 7.10. The number of fused-ring (bicyclic) bond motifs is 1. The monoisotopic (exact) mass is 560 g/mol. The second-order valence-corrected chi connectivity index (χ2v) is 11.0. The number of nitrogens with zero attached hydrogens (tertiary/aromatic N) is 5. The number of Topliss-reactive ketones (excluding diaryl/α,β-unsaturated/α-hetero) is 1. The molecule has 4 aromatic rings. The van der Waals surface area contributed by atoms with Gasteiger partial charge in [-0.15, -0.1) is 11.3 Å². The summed E-state index contributed by atoms with van der Waals surface area (Å²) in [6.07, 6.45) is 1.90. The van der Waals surface area contributed by atoms with Crippen molar-refractivity contribution in [1.82, 2.24) is 24.6 Å². The summed E-state index contributed by atoms with van der Waals surface area (Å²) in [6.45, 7) is 5.12. The van der Waals surface area contributed by atoms with Crippen LogP contribution >= 0.6 is 11.3 Å². The van der Waals surface area contributed by atoms with Gasteiger partial charge in [0.25, 0.3) is 5.91 Å². The average Bonchev–Trinajstić information content (AvgIpc) is 3.57. The lowest BCUT2D eigenvalue weighted by molar-refractivity contribution is -0.132. The molecule has 0 saturated carbocycles. The number of aromatic nitrogens is 4. The fourth-order valence-electron chi connectivity index (χ4n) is 5.11. The molecule has 1 aromatic carbocycles. The summed E-state index contributed by atoms with van der Waals surface area (Å²) in [5.41, 5.74) is 3.54. The number of piperidine rings is 1. The molecule has 40 heavy (non-hydrogen) atoms. The first-order chi connectivity index (χ1) is 19.2. The number of methoxy groups -OCH3 is 1. The van der Waals surface area contributed by atoms with Gasteiger partial charge in [0, 0.05) is 55.5 Å². The maximum atomic E-state index is 13.0. The van der Waals surface area contributed by atoms with Crippen molar-refractivity contribution in [2.45, 2.75) is 45.4 Å². The predicted octanol–water partition coefficient (Wildman–Crippen LogP) is 4.67. The Bertz CT molecular complexity index is 1570. The predicted molar refractivity (Wildman–Crippen MR) is 153 cm³/mol. The van der Waals surface area contributed by atoms with Gasteiger partial charge < -0.3 is 15.0 Å². The van der Waals surface area contributed by atoms with Crippen molar-refractivity contribution in [1.29, 1.82) is 0 Å². The lowest BCUT2D eigenvalue weighted by Crippen LogP contribution is -2.38. The Morgan fingerprint density at radius 3 is 2.50 bits per heavy atom. The molecule has 3 aromatic heterocycles. The molecule has 0 spiro atoms. The van der Waals surface area contributed by atoms with E-state index < -0.39 is 0 Å². The van der Waals surface area contributed by atoms with Crippen LogP contribution < -0.4 is 10.1 Å². The smallest absolute Gasteiger partial charge is 0.276 e. The number of amides is 2. The minimum atomic E-state index is -0.309. The number of ketones is 1. The number of benzene rings is 1. The van der Waals surface area contributed by atoms with Crippen LogP contribution in [0.3, 0.4) is 0 Å². The van der Waals surface area contributed by atoms with Gasteiger partial charge >= 0.3 is 0 Å². The number of pyridine rings is 1. The van der Waals surface area contributed by atoms with Gasteiger partial charge in [-0.25, -0.2) is 14.6 Å². The Morgan fingerprint density at radius 2 is 1.80 bits per heavy atom. The summed E-state index contributed by atoms with van der Waals surface area (Å²) in [5, 5.41) is 10.9. The molecule has 0 unspecified atom stereocenters. The molecule has 1 saturated heterocycles. The third-order valence-corrected chi connectivity index (χ3v) is 8.29. The van der Waals surface area contributed by atoms with E-state index in [1.165, 1.54) is 11.3 Å². The van der Waals surface area contributed by atoms with Gasteiger partial charge in [-0.05, 0) is 62.6 Å². The van der Waals surface area contributed by atoms with E-state index in [2.05, 4.69) is 20.4 Å². The first-order valence-electron chi connectivity index (χ1n) is 13.3. The normalized spacial score (nSPS) is 13.9. The Morgan fingerprint density at radius 1 is 1.07 bits per heavy atom. The standard InChI is InChI=1S/C29H32N6O4S/c1-17-15-18(2)30-27-25(17)26(33-34(27)3)32-28(38)22-16-40-29(31-22)20-11-13-35(14-12-20)24(37)10-9-23(36)19-5-7-21(39-4)8-6-19/h5-8,15-16,20H,9-14H2,1-4H3,(H,32,33,38). The summed E-state index contributed by atoms with van der Waals surface area (Å²) >= 11 is 1.47. The zero-order valence-corrected chi connectivity index (χ0v) is 23.9. The van der Waals surface area contributed by atoms with Crippen LogP contribution in [0, 0.1) is 13.8 Å². The van der Waals surface area contributed by atoms with E-state index in [0.29, 0.717) is 35.9 Å². The van der Waals surface area contributed by atoms with Crippen molar-refractivity contribution < 1.29 is 19.1 Å². The zero-order valence-electron chi connectivity index (χ0n) is 23.1. The minimum Gasteiger partial charge on any atom is -0.497 e. The summed E-state index contributed by atoms with van der Waals surface area (Å²) in [7, 11) is 3.38. The van der Waals surface area contributed by atoms with Gasteiger partial charge in [0.2, 0.25) is 5.91 Å².